The smallest absolute Gasteiger partial charge is 0.110 e. The molecular weight excluding hydrogens is 254 g/mol. The van der Waals surface area contributed by atoms with E-state index < -0.39 is 0 Å². The van der Waals surface area contributed by atoms with Gasteiger partial charge in [0.25, 0.3) is 0 Å². The van der Waals surface area contributed by atoms with E-state index in [0.29, 0.717) is 18.1 Å². The van der Waals surface area contributed by atoms with Crippen molar-refractivity contribution in [2.45, 2.75) is 65.1 Å². The predicted molar refractivity (Wildman–Crippen MR) is 82.7 cm³/mol. The highest BCUT2D eigenvalue weighted by molar-refractivity contribution is 7.09. The van der Waals surface area contributed by atoms with E-state index in [2.05, 4.69) is 48.3 Å². The Morgan fingerprint density at radius 2 is 2.37 bits per heavy atom. The Kier molecular flexibility index (Phi) is 5.37. The Morgan fingerprint density at radius 1 is 1.58 bits per heavy atom. The summed E-state index contributed by atoms with van der Waals surface area (Å²) in [5.41, 5.74) is 1.15. The van der Waals surface area contributed by atoms with E-state index in [1.54, 1.807) is 11.3 Å². The maximum absolute atomic E-state index is 4.65. The number of nitrogens with one attached hydrogen (secondary N) is 1. The third kappa shape index (κ3) is 3.77. The first-order chi connectivity index (χ1) is 9.11. The van der Waals surface area contributed by atoms with E-state index in [-0.39, 0.29) is 0 Å². The van der Waals surface area contributed by atoms with Gasteiger partial charge in [0.05, 0.1) is 6.04 Å². The van der Waals surface area contributed by atoms with E-state index in [1.807, 2.05) is 0 Å². The van der Waals surface area contributed by atoms with Gasteiger partial charge in [-0.05, 0) is 46.6 Å². The Bertz CT molecular complexity index is 390. The molecule has 0 saturated carbocycles. The number of likely N-dealkylation sites (tertiary alicyclic amines) is 1. The summed E-state index contributed by atoms with van der Waals surface area (Å²) in [6.45, 7) is 11.3. The van der Waals surface area contributed by atoms with Crippen molar-refractivity contribution in [3.63, 3.8) is 0 Å². The van der Waals surface area contributed by atoms with Gasteiger partial charge in [-0.2, -0.15) is 0 Å². The van der Waals surface area contributed by atoms with Crippen LogP contribution in [0.3, 0.4) is 0 Å². The average molecular weight is 281 g/mol. The fourth-order valence-electron chi connectivity index (χ4n) is 3.01. The maximum atomic E-state index is 4.65. The monoisotopic (exact) mass is 281 g/mol. The molecule has 4 heteroatoms. The molecule has 3 nitrogen and oxygen atoms in total. The molecule has 0 aromatic carbocycles. The first kappa shape index (κ1) is 14.9. The molecule has 1 fully saturated rings. The molecule has 0 radical (unpaired) electrons. The van der Waals surface area contributed by atoms with Crippen LogP contribution in [-0.4, -0.2) is 35.1 Å². The summed E-state index contributed by atoms with van der Waals surface area (Å²) in [7, 11) is 0. The molecule has 1 aromatic heterocycles. The zero-order valence-corrected chi connectivity index (χ0v) is 13.5. The van der Waals surface area contributed by atoms with Crippen LogP contribution in [0.4, 0.5) is 0 Å². The first-order valence-electron chi connectivity index (χ1n) is 7.53. The highest BCUT2D eigenvalue weighted by atomic mass is 32.1. The Labute approximate surface area is 121 Å². The standard InChI is InChI=1S/C15H27N3S/c1-5-7-16-14-6-8-18(12(3)9-14)13(4)15-17-11(2)10-19-15/h10,12-14,16H,5-9H2,1-4H3. The molecule has 2 heterocycles. The minimum Gasteiger partial charge on any atom is -0.314 e. The van der Waals surface area contributed by atoms with Gasteiger partial charge in [0.1, 0.15) is 5.01 Å². The van der Waals surface area contributed by atoms with Crippen molar-refractivity contribution in [3.05, 3.63) is 16.1 Å². The van der Waals surface area contributed by atoms with Gasteiger partial charge in [0, 0.05) is 29.7 Å². The van der Waals surface area contributed by atoms with E-state index in [9.17, 15) is 0 Å². The van der Waals surface area contributed by atoms with E-state index in [4.69, 9.17) is 0 Å². The van der Waals surface area contributed by atoms with Crippen LogP contribution in [0.2, 0.25) is 0 Å². The third-order valence-electron chi connectivity index (χ3n) is 4.10. The highest BCUT2D eigenvalue weighted by Crippen LogP contribution is 2.29. The second-order valence-electron chi connectivity index (χ2n) is 5.77. The second-order valence-corrected chi connectivity index (χ2v) is 6.66. The molecule has 0 bridgehead atoms. The van der Waals surface area contributed by atoms with E-state index in [0.717, 1.165) is 12.2 Å². The summed E-state index contributed by atoms with van der Waals surface area (Å²) in [6, 6.07) is 1.81. The van der Waals surface area contributed by atoms with Gasteiger partial charge in [-0.3, -0.25) is 4.90 Å². The quantitative estimate of drug-likeness (QED) is 0.897. The topological polar surface area (TPSA) is 28.2 Å². The second kappa shape index (κ2) is 6.82. The zero-order chi connectivity index (χ0) is 13.8. The lowest BCUT2D eigenvalue weighted by Crippen LogP contribution is -2.48. The molecule has 3 unspecified atom stereocenters. The molecule has 1 saturated heterocycles. The first-order valence-corrected chi connectivity index (χ1v) is 8.41. The molecule has 1 N–H and O–H groups in total. The van der Waals surface area contributed by atoms with Crippen molar-refractivity contribution in [2.24, 2.45) is 0 Å². The van der Waals surface area contributed by atoms with E-state index in [1.165, 1.54) is 30.8 Å². The van der Waals surface area contributed by atoms with Gasteiger partial charge in [-0.25, -0.2) is 4.98 Å². The molecule has 108 valence electrons. The van der Waals surface area contributed by atoms with Crippen molar-refractivity contribution < 1.29 is 0 Å². The predicted octanol–water partition coefficient (Wildman–Crippen LogP) is 3.37. The summed E-state index contributed by atoms with van der Waals surface area (Å²) in [5, 5.41) is 7.09. The molecule has 0 aliphatic carbocycles. The molecule has 0 spiro atoms. The number of rotatable bonds is 5. The van der Waals surface area contributed by atoms with Gasteiger partial charge in [-0.1, -0.05) is 6.92 Å². The average Bonchev–Trinajstić information content (AvgIpc) is 2.82. The van der Waals surface area contributed by atoms with Crippen LogP contribution in [0.1, 0.15) is 56.8 Å². The van der Waals surface area contributed by atoms with Crippen LogP contribution in [0.25, 0.3) is 0 Å². The van der Waals surface area contributed by atoms with Crippen LogP contribution in [-0.2, 0) is 0 Å². The van der Waals surface area contributed by atoms with Gasteiger partial charge < -0.3 is 5.32 Å². The molecule has 19 heavy (non-hydrogen) atoms. The SMILES string of the molecule is CCCNC1CCN(C(C)c2nc(C)cs2)C(C)C1. The van der Waals surface area contributed by atoms with Crippen molar-refractivity contribution in [3.8, 4) is 0 Å². The Hall–Kier alpha value is -0.450. The number of hydrogen-bond donors (Lipinski definition) is 1. The summed E-state index contributed by atoms with van der Waals surface area (Å²) in [6.07, 6.45) is 3.75. The molecule has 0 amide bonds. The van der Waals surface area contributed by atoms with Crippen molar-refractivity contribution >= 4 is 11.3 Å². The van der Waals surface area contributed by atoms with Crippen molar-refractivity contribution in [1.29, 1.82) is 0 Å². The number of piperidine rings is 1. The fourth-order valence-corrected chi connectivity index (χ4v) is 3.88. The minimum absolute atomic E-state index is 0.459. The van der Waals surface area contributed by atoms with Crippen LogP contribution >= 0.6 is 11.3 Å². The largest absolute Gasteiger partial charge is 0.314 e. The molecule has 1 aromatic rings. The molecule has 3 atom stereocenters. The van der Waals surface area contributed by atoms with Crippen molar-refractivity contribution in [1.82, 2.24) is 15.2 Å². The molecule has 1 aliphatic heterocycles. The molecular formula is C15H27N3S. The molecule has 1 aliphatic rings. The lowest BCUT2D eigenvalue weighted by molar-refractivity contribution is 0.0954. The minimum atomic E-state index is 0.459. The number of hydrogen-bond acceptors (Lipinski definition) is 4. The van der Waals surface area contributed by atoms with Crippen LogP contribution < -0.4 is 5.32 Å². The summed E-state index contributed by atoms with van der Waals surface area (Å²) in [4.78, 5) is 7.26. The van der Waals surface area contributed by atoms with Gasteiger partial charge >= 0.3 is 0 Å². The zero-order valence-electron chi connectivity index (χ0n) is 12.6. The van der Waals surface area contributed by atoms with Crippen LogP contribution in [0, 0.1) is 6.92 Å². The van der Waals surface area contributed by atoms with E-state index >= 15 is 0 Å². The fraction of sp³-hybridized carbons (Fsp3) is 0.800. The van der Waals surface area contributed by atoms with Crippen LogP contribution in [0.15, 0.2) is 5.38 Å². The Balaban J connectivity index is 1.92. The molecule has 2 rings (SSSR count). The van der Waals surface area contributed by atoms with Crippen molar-refractivity contribution in [2.75, 3.05) is 13.1 Å². The summed E-state index contributed by atoms with van der Waals surface area (Å²) in [5.74, 6) is 0. The van der Waals surface area contributed by atoms with Gasteiger partial charge in [0.2, 0.25) is 0 Å². The highest BCUT2D eigenvalue weighted by Gasteiger charge is 2.29. The maximum Gasteiger partial charge on any atom is 0.110 e. The van der Waals surface area contributed by atoms with Crippen LogP contribution in [0.5, 0.6) is 0 Å². The summed E-state index contributed by atoms with van der Waals surface area (Å²) < 4.78 is 0. The third-order valence-corrected chi connectivity index (χ3v) is 5.24. The van der Waals surface area contributed by atoms with Gasteiger partial charge in [0.15, 0.2) is 0 Å². The number of thiazole rings is 1. The normalized spacial score (nSPS) is 26.5. The Morgan fingerprint density at radius 3 is 2.95 bits per heavy atom. The lowest BCUT2D eigenvalue weighted by Gasteiger charge is -2.41. The number of aryl methyl sites for hydroxylation is 1. The summed E-state index contributed by atoms with van der Waals surface area (Å²) >= 11 is 1.80. The van der Waals surface area contributed by atoms with Gasteiger partial charge in [-0.15, -0.1) is 11.3 Å². The number of nitrogens with zero attached hydrogens (tertiary/aromatic N) is 2. The lowest BCUT2D eigenvalue weighted by atomic mass is 9.96. The number of aromatic nitrogens is 1.